The van der Waals surface area contributed by atoms with E-state index in [1.54, 1.807) is 0 Å². The molecule has 4 saturated heterocycles. The monoisotopic (exact) mass is 254 g/mol. The summed E-state index contributed by atoms with van der Waals surface area (Å²) in [7, 11) is 0. The van der Waals surface area contributed by atoms with E-state index in [0.717, 1.165) is 13.1 Å². The predicted molar refractivity (Wildman–Crippen MR) is 70.1 cm³/mol. The van der Waals surface area contributed by atoms with Gasteiger partial charge < -0.3 is 20.9 Å². The highest BCUT2D eigenvalue weighted by Gasteiger charge is 2.40. The van der Waals surface area contributed by atoms with Crippen LogP contribution in [0.5, 0.6) is 0 Å². The van der Waals surface area contributed by atoms with Crippen molar-refractivity contribution in [2.45, 2.75) is 62.9 Å². The van der Waals surface area contributed by atoms with Crippen LogP contribution in [-0.2, 0) is 9.47 Å². The Hall–Kier alpha value is -0.160. The lowest BCUT2D eigenvalue weighted by molar-refractivity contribution is 0.0934. The molecule has 0 saturated carbocycles. The molecular formula is C14H26N2O2. The van der Waals surface area contributed by atoms with Crippen LogP contribution in [0.25, 0.3) is 0 Å². The third kappa shape index (κ3) is 2.44. The number of rotatable bonds is 2. The van der Waals surface area contributed by atoms with Gasteiger partial charge in [-0.25, -0.2) is 0 Å². The number of nitrogens with two attached hydrogens (primary N) is 2. The number of hydrogen-bond acceptors (Lipinski definition) is 4. The molecule has 4 nitrogen and oxygen atoms in total. The molecule has 4 N–H and O–H groups in total. The minimum Gasteiger partial charge on any atom is -0.375 e. The molecule has 0 aromatic heterocycles. The van der Waals surface area contributed by atoms with Crippen LogP contribution in [0.15, 0.2) is 0 Å². The lowest BCUT2D eigenvalue weighted by Crippen LogP contribution is -2.24. The van der Waals surface area contributed by atoms with Crippen molar-refractivity contribution < 1.29 is 9.47 Å². The maximum Gasteiger partial charge on any atom is 0.0621 e. The van der Waals surface area contributed by atoms with Gasteiger partial charge in [0.05, 0.1) is 24.4 Å². The Bertz CT molecular complexity index is 259. The van der Waals surface area contributed by atoms with Crippen LogP contribution in [0.4, 0.5) is 0 Å². The maximum atomic E-state index is 5.60. The normalized spacial score (nSPS) is 48.3. The summed E-state index contributed by atoms with van der Waals surface area (Å²) in [5.41, 5.74) is 11.1. The van der Waals surface area contributed by atoms with Gasteiger partial charge in [-0.3, -0.25) is 0 Å². The zero-order chi connectivity index (χ0) is 12.5. The molecular weight excluding hydrogens is 228 g/mol. The van der Waals surface area contributed by atoms with Crippen LogP contribution >= 0.6 is 0 Å². The first-order valence-corrected chi connectivity index (χ1v) is 7.51. The van der Waals surface area contributed by atoms with Crippen LogP contribution in [-0.4, -0.2) is 37.5 Å². The van der Waals surface area contributed by atoms with E-state index in [9.17, 15) is 0 Å². The predicted octanol–water partition coefficient (Wildman–Crippen LogP) is 1.03. The summed E-state index contributed by atoms with van der Waals surface area (Å²) in [6.07, 6.45) is 9.72. The Morgan fingerprint density at radius 2 is 1.17 bits per heavy atom. The summed E-state index contributed by atoms with van der Waals surface area (Å²) in [6, 6.07) is 0. The molecule has 0 spiro atoms. The summed E-state index contributed by atoms with van der Waals surface area (Å²) >= 11 is 0. The average molecular weight is 254 g/mol. The van der Waals surface area contributed by atoms with Crippen molar-refractivity contribution in [2.24, 2.45) is 23.3 Å². The summed E-state index contributed by atoms with van der Waals surface area (Å²) < 4.78 is 11.2. The van der Waals surface area contributed by atoms with Crippen molar-refractivity contribution in [3.05, 3.63) is 0 Å². The topological polar surface area (TPSA) is 70.5 Å². The van der Waals surface area contributed by atoms with Crippen LogP contribution in [0, 0.1) is 11.8 Å². The standard InChI is InChI=1S/2C7H13NO/c2*8-4-5-3-6-1-2-7(5)9-6/h2*5-7H,1-4,8H2/t2*5-,6+,7-/m10/s1. The quantitative estimate of drug-likeness (QED) is 0.772. The largest absolute Gasteiger partial charge is 0.375 e. The van der Waals surface area contributed by atoms with E-state index in [0.29, 0.717) is 36.3 Å². The molecule has 4 heteroatoms. The fourth-order valence-electron chi connectivity index (χ4n) is 3.98. The third-order valence-corrected chi connectivity index (χ3v) is 5.07. The zero-order valence-corrected chi connectivity index (χ0v) is 11.1. The molecule has 0 unspecified atom stereocenters. The minimum absolute atomic E-state index is 0.528. The first-order chi connectivity index (χ1) is 8.80. The second-order valence-corrected chi connectivity index (χ2v) is 6.21. The Kier molecular flexibility index (Phi) is 3.89. The van der Waals surface area contributed by atoms with Gasteiger partial charge >= 0.3 is 0 Å². The van der Waals surface area contributed by atoms with Crippen molar-refractivity contribution >= 4 is 0 Å². The summed E-state index contributed by atoms with van der Waals surface area (Å²) in [6.45, 7) is 1.64. The second kappa shape index (κ2) is 5.45. The van der Waals surface area contributed by atoms with E-state index in [4.69, 9.17) is 20.9 Å². The second-order valence-electron chi connectivity index (χ2n) is 6.21. The van der Waals surface area contributed by atoms with Crippen LogP contribution in [0.1, 0.15) is 38.5 Å². The Morgan fingerprint density at radius 3 is 1.33 bits per heavy atom. The molecule has 0 aromatic rings. The molecule has 4 bridgehead atoms. The third-order valence-electron chi connectivity index (χ3n) is 5.07. The van der Waals surface area contributed by atoms with Gasteiger partial charge in [0, 0.05) is 0 Å². The molecule has 6 atom stereocenters. The molecule has 4 rings (SSSR count). The number of ether oxygens (including phenoxy) is 2. The zero-order valence-electron chi connectivity index (χ0n) is 11.1. The van der Waals surface area contributed by atoms with Crippen molar-refractivity contribution in [2.75, 3.05) is 13.1 Å². The molecule has 4 heterocycles. The average Bonchev–Trinajstić information content (AvgIpc) is 3.17. The van der Waals surface area contributed by atoms with Gasteiger partial charge in [-0.2, -0.15) is 0 Å². The van der Waals surface area contributed by atoms with Crippen LogP contribution in [0.3, 0.4) is 0 Å². The molecule has 4 aliphatic heterocycles. The molecule has 4 aliphatic rings. The van der Waals surface area contributed by atoms with Crippen LogP contribution in [0.2, 0.25) is 0 Å². The smallest absolute Gasteiger partial charge is 0.0621 e. The highest BCUT2D eigenvalue weighted by Crippen LogP contribution is 2.38. The van der Waals surface area contributed by atoms with E-state index in [1.165, 1.54) is 38.5 Å². The van der Waals surface area contributed by atoms with Crippen molar-refractivity contribution in [3.8, 4) is 0 Å². The number of hydrogen-bond donors (Lipinski definition) is 2. The number of fused-ring (bicyclic) bond motifs is 4. The van der Waals surface area contributed by atoms with Gasteiger partial charge in [0.2, 0.25) is 0 Å². The summed E-state index contributed by atoms with van der Waals surface area (Å²) in [5.74, 6) is 1.37. The lowest BCUT2D eigenvalue weighted by Gasteiger charge is -2.14. The fraction of sp³-hybridized carbons (Fsp3) is 1.00. The van der Waals surface area contributed by atoms with Crippen molar-refractivity contribution in [1.82, 2.24) is 0 Å². The van der Waals surface area contributed by atoms with Gasteiger partial charge in [0.1, 0.15) is 0 Å². The molecule has 18 heavy (non-hydrogen) atoms. The highest BCUT2D eigenvalue weighted by atomic mass is 16.5. The lowest BCUT2D eigenvalue weighted by atomic mass is 9.89. The maximum absolute atomic E-state index is 5.60. The van der Waals surface area contributed by atoms with Gasteiger partial charge in [-0.15, -0.1) is 0 Å². The van der Waals surface area contributed by atoms with Crippen molar-refractivity contribution in [3.63, 3.8) is 0 Å². The van der Waals surface area contributed by atoms with E-state index in [1.807, 2.05) is 0 Å². The van der Waals surface area contributed by atoms with Crippen LogP contribution < -0.4 is 11.5 Å². The van der Waals surface area contributed by atoms with Gasteiger partial charge in [-0.1, -0.05) is 0 Å². The minimum atomic E-state index is 0.528. The molecule has 104 valence electrons. The molecule has 0 radical (unpaired) electrons. The first kappa shape index (κ1) is 12.9. The van der Waals surface area contributed by atoms with E-state index >= 15 is 0 Å². The van der Waals surface area contributed by atoms with E-state index in [-0.39, 0.29) is 0 Å². The SMILES string of the molecule is NC[C@@H]1C[C@H]2CC[C@@H]1O2.NC[C@H]1C[C@@H]2CC[C@H]1O2. The van der Waals surface area contributed by atoms with E-state index in [2.05, 4.69) is 0 Å². The summed E-state index contributed by atoms with van der Waals surface area (Å²) in [4.78, 5) is 0. The molecule has 0 amide bonds. The van der Waals surface area contributed by atoms with Gasteiger partial charge in [-0.05, 0) is 63.5 Å². The Labute approximate surface area is 109 Å². The highest BCUT2D eigenvalue weighted by molar-refractivity contribution is 4.90. The Balaban J connectivity index is 0.000000111. The Morgan fingerprint density at radius 1 is 0.722 bits per heavy atom. The van der Waals surface area contributed by atoms with Gasteiger partial charge in [0.25, 0.3) is 0 Å². The van der Waals surface area contributed by atoms with Crippen molar-refractivity contribution in [1.29, 1.82) is 0 Å². The van der Waals surface area contributed by atoms with E-state index < -0.39 is 0 Å². The molecule has 0 aromatic carbocycles. The molecule has 4 fully saturated rings. The van der Waals surface area contributed by atoms with Gasteiger partial charge in [0.15, 0.2) is 0 Å². The molecule has 0 aliphatic carbocycles. The fourth-order valence-corrected chi connectivity index (χ4v) is 3.98. The first-order valence-electron chi connectivity index (χ1n) is 7.51. The summed E-state index contributed by atoms with van der Waals surface area (Å²) in [5, 5.41) is 0.